The Morgan fingerprint density at radius 1 is 1.00 bits per heavy atom. The fourth-order valence-corrected chi connectivity index (χ4v) is 2.60. The topological polar surface area (TPSA) is 35.2 Å². The van der Waals surface area contributed by atoms with Crippen LogP contribution in [0.4, 0.5) is 0 Å². The van der Waals surface area contributed by atoms with Gasteiger partial charge in [-0.15, -0.1) is 0 Å². The maximum absolute atomic E-state index is 5.95. The molecule has 0 saturated heterocycles. The molecular weight excluding hydrogens is 270 g/mol. The summed E-state index contributed by atoms with van der Waals surface area (Å²) in [7, 11) is 0. The van der Waals surface area contributed by atoms with Crippen LogP contribution in [-0.4, -0.2) is 13.2 Å². The van der Waals surface area contributed by atoms with Crippen LogP contribution in [0.3, 0.4) is 0 Å². The van der Waals surface area contributed by atoms with Crippen LogP contribution in [0.5, 0.6) is 5.75 Å². The van der Waals surface area contributed by atoms with E-state index in [1.165, 1.54) is 16.7 Å². The van der Waals surface area contributed by atoms with E-state index in [4.69, 9.17) is 10.5 Å². The van der Waals surface area contributed by atoms with Gasteiger partial charge in [-0.25, -0.2) is 0 Å². The molecule has 2 nitrogen and oxygen atoms in total. The minimum absolute atomic E-state index is 0.353. The number of hydrogen-bond donors (Lipinski definition) is 1. The zero-order valence-electron chi connectivity index (χ0n) is 13.9. The Labute approximate surface area is 134 Å². The normalized spacial score (nSPS) is 12.4. The van der Waals surface area contributed by atoms with Crippen molar-refractivity contribution in [1.29, 1.82) is 0 Å². The first-order valence-corrected chi connectivity index (χ1v) is 8.09. The molecule has 0 saturated carbocycles. The zero-order chi connectivity index (χ0) is 15.9. The molecule has 1 atom stereocenters. The lowest BCUT2D eigenvalue weighted by Crippen LogP contribution is -2.15. The highest BCUT2D eigenvalue weighted by Crippen LogP contribution is 2.22. The van der Waals surface area contributed by atoms with Crippen molar-refractivity contribution in [3.63, 3.8) is 0 Å². The molecule has 0 aromatic heterocycles. The fourth-order valence-electron chi connectivity index (χ4n) is 2.60. The van der Waals surface area contributed by atoms with E-state index in [0.29, 0.717) is 25.0 Å². The summed E-state index contributed by atoms with van der Waals surface area (Å²) >= 11 is 0. The molecule has 2 aromatic carbocycles. The Morgan fingerprint density at radius 2 is 1.68 bits per heavy atom. The highest BCUT2D eigenvalue weighted by molar-refractivity contribution is 5.28. The Hall–Kier alpha value is -1.80. The molecule has 2 N–H and O–H groups in total. The largest absolute Gasteiger partial charge is 0.494 e. The maximum atomic E-state index is 5.95. The van der Waals surface area contributed by atoms with Crippen LogP contribution in [-0.2, 0) is 0 Å². The minimum atomic E-state index is 0.353. The third-order valence-corrected chi connectivity index (χ3v) is 4.08. The summed E-state index contributed by atoms with van der Waals surface area (Å²) in [5.41, 5.74) is 9.85. The first-order chi connectivity index (χ1) is 10.6. The lowest BCUT2D eigenvalue weighted by Gasteiger charge is -2.17. The van der Waals surface area contributed by atoms with Gasteiger partial charge < -0.3 is 10.5 Å². The Balaban J connectivity index is 1.91. The predicted molar refractivity (Wildman–Crippen MR) is 93.6 cm³/mol. The van der Waals surface area contributed by atoms with Gasteiger partial charge in [0.2, 0.25) is 0 Å². The van der Waals surface area contributed by atoms with Crippen LogP contribution in [0.25, 0.3) is 0 Å². The van der Waals surface area contributed by atoms with E-state index in [0.717, 1.165) is 12.2 Å². The second-order valence-electron chi connectivity index (χ2n) is 6.21. The molecule has 0 radical (unpaired) electrons. The Morgan fingerprint density at radius 3 is 2.27 bits per heavy atom. The standard InChI is InChI=1S/C20H27NO/c1-15(2)17-7-9-18(10-8-17)19(14-21)11-12-22-20-6-4-5-16(3)13-20/h4-10,13,15,19H,11-12,14,21H2,1-3H3. The zero-order valence-corrected chi connectivity index (χ0v) is 13.9. The van der Waals surface area contributed by atoms with E-state index >= 15 is 0 Å². The van der Waals surface area contributed by atoms with Gasteiger partial charge in [0.15, 0.2) is 0 Å². The van der Waals surface area contributed by atoms with Gasteiger partial charge in [0.1, 0.15) is 5.75 Å². The summed E-state index contributed by atoms with van der Waals surface area (Å²) in [5.74, 6) is 1.85. The second-order valence-corrected chi connectivity index (χ2v) is 6.21. The molecule has 2 aromatic rings. The van der Waals surface area contributed by atoms with Gasteiger partial charge in [-0.3, -0.25) is 0 Å². The van der Waals surface area contributed by atoms with E-state index in [9.17, 15) is 0 Å². The van der Waals surface area contributed by atoms with Crippen LogP contribution in [0.2, 0.25) is 0 Å². The van der Waals surface area contributed by atoms with Crippen molar-refractivity contribution in [2.24, 2.45) is 5.73 Å². The quantitative estimate of drug-likeness (QED) is 0.808. The van der Waals surface area contributed by atoms with Gasteiger partial charge in [0, 0.05) is 0 Å². The molecule has 0 aliphatic heterocycles. The van der Waals surface area contributed by atoms with Gasteiger partial charge in [0.25, 0.3) is 0 Å². The molecule has 1 unspecified atom stereocenters. The van der Waals surface area contributed by atoms with Crippen molar-refractivity contribution in [2.75, 3.05) is 13.2 Å². The number of ether oxygens (including phenoxy) is 1. The molecule has 118 valence electrons. The van der Waals surface area contributed by atoms with Gasteiger partial charge in [-0.1, -0.05) is 50.2 Å². The third kappa shape index (κ3) is 4.60. The van der Waals surface area contributed by atoms with Crippen LogP contribution >= 0.6 is 0 Å². The van der Waals surface area contributed by atoms with Crippen LogP contribution in [0, 0.1) is 6.92 Å². The van der Waals surface area contributed by atoms with Gasteiger partial charge >= 0.3 is 0 Å². The molecule has 2 rings (SSSR count). The van der Waals surface area contributed by atoms with E-state index in [2.05, 4.69) is 57.2 Å². The smallest absolute Gasteiger partial charge is 0.119 e. The number of hydrogen-bond acceptors (Lipinski definition) is 2. The summed E-state index contributed by atoms with van der Waals surface area (Å²) in [6.07, 6.45) is 0.936. The predicted octanol–water partition coefficient (Wildman–Crippen LogP) is 4.63. The fraction of sp³-hybridized carbons (Fsp3) is 0.400. The maximum Gasteiger partial charge on any atom is 0.119 e. The molecular formula is C20H27NO. The Bertz CT molecular complexity index is 575. The average Bonchev–Trinajstić information content (AvgIpc) is 2.52. The molecule has 0 heterocycles. The van der Waals surface area contributed by atoms with Crippen LogP contribution in [0.15, 0.2) is 48.5 Å². The van der Waals surface area contributed by atoms with E-state index in [1.807, 2.05) is 12.1 Å². The monoisotopic (exact) mass is 297 g/mol. The lowest BCUT2D eigenvalue weighted by molar-refractivity contribution is 0.298. The summed E-state index contributed by atoms with van der Waals surface area (Å²) in [5, 5.41) is 0. The molecule has 0 fully saturated rings. The van der Waals surface area contributed by atoms with Crippen molar-refractivity contribution >= 4 is 0 Å². The van der Waals surface area contributed by atoms with Crippen LogP contribution < -0.4 is 10.5 Å². The number of aryl methyl sites for hydroxylation is 1. The molecule has 0 spiro atoms. The Kier molecular flexibility index (Phi) is 6.02. The molecule has 22 heavy (non-hydrogen) atoms. The van der Waals surface area contributed by atoms with Crippen LogP contribution in [0.1, 0.15) is 48.8 Å². The molecule has 2 heteroatoms. The average molecular weight is 297 g/mol. The summed E-state index contributed by atoms with van der Waals surface area (Å²) in [4.78, 5) is 0. The minimum Gasteiger partial charge on any atom is -0.494 e. The molecule has 0 aliphatic rings. The van der Waals surface area contributed by atoms with E-state index in [-0.39, 0.29) is 0 Å². The van der Waals surface area contributed by atoms with E-state index in [1.54, 1.807) is 0 Å². The van der Waals surface area contributed by atoms with Crippen molar-refractivity contribution in [3.8, 4) is 5.75 Å². The van der Waals surface area contributed by atoms with Crippen molar-refractivity contribution in [3.05, 3.63) is 65.2 Å². The SMILES string of the molecule is Cc1cccc(OCCC(CN)c2ccc(C(C)C)cc2)c1. The van der Waals surface area contributed by atoms with Crippen molar-refractivity contribution in [2.45, 2.75) is 39.0 Å². The van der Waals surface area contributed by atoms with Gasteiger partial charge in [-0.2, -0.15) is 0 Å². The number of nitrogens with two attached hydrogens (primary N) is 1. The number of rotatable bonds is 7. The first kappa shape index (κ1) is 16.6. The molecule has 0 bridgehead atoms. The summed E-state index contributed by atoms with van der Waals surface area (Å²) in [6, 6.07) is 17.0. The van der Waals surface area contributed by atoms with Gasteiger partial charge in [0.05, 0.1) is 6.61 Å². The third-order valence-electron chi connectivity index (χ3n) is 4.08. The summed E-state index contributed by atoms with van der Waals surface area (Å²) < 4.78 is 5.85. The number of benzene rings is 2. The van der Waals surface area contributed by atoms with E-state index < -0.39 is 0 Å². The first-order valence-electron chi connectivity index (χ1n) is 8.09. The van der Waals surface area contributed by atoms with Crippen molar-refractivity contribution < 1.29 is 4.74 Å². The highest BCUT2D eigenvalue weighted by Gasteiger charge is 2.10. The highest BCUT2D eigenvalue weighted by atomic mass is 16.5. The molecule has 0 aliphatic carbocycles. The molecule has 0 amide bonds. The van der Waals surface area contributed by atoms with Gasteiger partial charge in [-0.05, 0) is 60.5 Å². The van der Waals surface area contributed by atoms with Crippen molar-refractivity contribution in [1.82, 2.24) is 0 Å². The lowest BCUT2D eigenvalue weighted by atomic mass is 9.93. The second kappa shape index (κ2) is 8.00. The summed E-state index contributed by atoms with van der Waals surface area (Å²) in [6.45, 7) is 7.84.